The quantitative estimate of drug-likeness (QED) is 0.344. The standard InChI is InChI=1S/C29H25NO2/c31-29(32)23-11-5-10-22-24-18-12-13-19(15-18)25(24)28(30-27(22)23)26-20-8-3-1-6-16(20)14-17-7-2-4-9-21(17)26/h1-11,14,18-19,24-25,28,30H,12-13,15H2,(H,31,32)/t18-,19-,24-,25+,28-/m0/s1. The molecule has 32 heavy (non-hydrogen) atoms. The van der Waals surface area contributed by atoms with Gasteiger partial charge in [-0.1, -0.05) is 60.7 Å². The van der Waals surface area contributed by atoms with E-state index in [-0.39, 0.29) is 6.04 Å². The molecule has 4 aromatic rings. The maximum atomic E-state index is 12.2. The Morgan fingerprint density at radius 1 is 0.844 bits per heavy atom. The minimum atomic E-state index is -0.850. The zero-order valence-electron chi connectivity index (χ0n) is 17.8. The van der Waals surface area contributed by atoms with Crippen molar-refractivity contribution in [3.05, 3.63) is 89.5 Å². The number of hydrogen-bond donors (Lipinski definition) is 2. The van der Waals surface area contributed by atoms with Crippen LogP contribution in [0.25, 0.3) is 21.5 Å². The fourth-order valence-corrected chi connectivity index (χ4v) is 7.36. The van der Waals surface area contributed by atoms with Crippen molar-refractivity contribution >= 4 is 33.2 Å². The highest BCUT2D eigenvalue weighted by Crippen LogP contribution is 2.64. The van der Waals surface area contributed by atoms with Crippen LogP contribution in [0.3, 0.4) is 0 Å². The zero-order chi connectivity index (χ0) is 21.4. The number of para-hydroxylation sites is 1. The summed E-state index contributed by atoms with van der Waals surface area (Å²) in [6.45, 7) is 0. The van der Waals surface area contributed by atoms with Crippen LogP contribution < -0.4 is 5.32 Å². The van der Waals surface area contributed by atoms with Gasteiger partial charge in [-0.25, -0.2) is 4.79 Å². The van der Waals surface area contributed by atoms with Gasteiger partial charge < -0.3 is 10.4 Å². The van der Waals surface area contributed by atoms with Gasteiger partial charge in [0.25, 0.3) is 0 Å². The summed E-state index contributed by atoms with van der Waals surface area (Å²) in [7, 11) is 0. The maximum absolute atomic E-state index is 12.2. The van der Waals surface area contributed by atoms with Crippen LogP contribution in [-0.4, -0.2) is 11.1 Å². The number of aromatic carboxylic acids is 1. The van der Waals surface area contributed by atoms with Crippen LogP contribution in [-0.2, 0) is 0 Å². The molecule has 0 amide bonds. The van der Waals surface area contributed by atoms with Crippen molar-refractivity contribution < 1.29 is 9.90 Å². The summed E-state index contributed by atoms with van der Waals surface area (Å²) in [6, 6.07) is 25.6. The Hall–Kier alpha value is -3.33. The van der Waals surface area contributed by atoms with Gasteiger partial charge in [0.1, 0.15) is 0 Å². The predicted molar refractivity (Wildman–Crippen MR) is 128 cm³/mol. The third-order valence-electron chi connectivity index (χ3n) is 8.48. The van der Waals surface area contributed by atoms with E-state index in [0.29, 0.717) is 29.2 Å². The van der Waals surface area contributed by atoms with Gasteiger partial charge in [0.05, 0.1) is 17.3 Å². The Balaban J connectivity index is 1.54. The third kappa shape index (κ3) is 2.39. The van der Waals surface area contributed by atoms with Crippen LogP contribution in [0.1, 0.15) is 52.7 Å². The van der Waals surface area contributed by atoms with Gasteiger partial charge in [-0.05, 0) is 87.7 Å². The van der Waals surface area contributed by atoms with Crippen molar-refractivity contribution in [1.29, 1.82) is 0 Å². The number of carbonyl (C=O) groups is 1. The van der Waals surface area contributed by atoms with Gasteiger partial charge in [0.15, 0.2) is 0 Å². The number of rotatable bonds is 2. The van der Waals surface area contributed by atoms with Crippen molar-refractivity contribution in [3.8, 4) is 0 Å². The molecule has 3 heteroatoms. The normalized spacial score (nSPS) is 27.8. The van der Waals surface area contributed by atoms with Gasteiger partial charge in [0, 0.05) is 0 Å². The van der Waals surface area contributed by atoms with Gasteiger partial charge in [-0.2, -0.15) is 0 Å². The van der Waals surface area contributed by atoms with E-state index in [4.69, 9.17) is 0 Å². The summed E-state index contributed by atoms with van der Waals surface area (Å²) in [4.78, 5) is 12.2. The number of anilines is 1. The van der Waals surface area contributed by atoms with Crippen molar-refractivity contribution in [2.75, 3.05) is 5.32 Å². The second kappa shape index (κ2) is 6.59. The van der Waals surface area contributed by atoms with Crippen LogP contribution in [0.4, 0.5) is 5.69 Å². The number of carboxylic acid groups (broad SMARTS) is 1. The Bertz CT molecular complexity index is 1350. The Labute approximate surface area is 187 Å². The van der Waals surface area contributed by atoms with Crippen molar-refractivity contribution in [2.45, 2.75) is 31.2 Å². The number of benzene rings is 4. The summed E-state index contributed by atoms with van der Waals surface area (Å²) in [5, 5.41) is 18.9. The molecular formula is C29H25NO2. The molecule has 2 fully saturated rings. The van der Waals surface area contributed by atoms with Gasteiger partial charge in [-0.3, -0.25) is 0 Å². The first-order valence-electron chi connectivity index (χ1n) is 11.7. The minimum absolute atomic E-state index is 0.110. The highest BCUT2D eigenvalue weighted by atomic mass is 16.4. The van der Waals surface area contributed by atoms with Crippen LogP contribution in [0.5, 0.6) is 0 Å². The van der Waals surface area contributed by atoms with Gasteiger partial charge in [0.2, 0.25) is 0 Å². The average molecular weight is 420 g/mol. The van der Waals surface area contributed by atoms with E-state index in [1.807, 2.05) is 6.07 Å². The van der Waals surface area contributed by atoms with Gasteiger partial charge in [-0.15, -0.1) is 0 Å². The lowest BCUT2D eigenvalue weighted by Crippen LogP contribution is -2.36. The highest BCUT2D eigenvalue weighted by molar-refractivity contribution is 6.03. The molecule has 0 unspecified atom stereocenters. The smallest absolute Gasteiger partial charge is 0.337 e. The lowest BCUT2D eigenvalue weighted by atomic mass is 9.67. The predicted octanol–water partition coefficient (Wildman–Crippen LogP) is 6.99. The van der Waals surface area contributed by atoms with Crippen molar-refractivity contribution in [3.63, 3.8) is 0 Å². The van der Waals surface area contributed by atoms with E-state index >= 15 is 0 Å². The molecule has 5 atom stereocenters. The minimum Gasteiger partial charge on any atom is -0.478 e. The average Bonchev–Trinajstić information content (AvgIpc) is 3.44. The van der Waals surface area contributed by atoms with E-state index in [9.17, 15) is 9.90 Å². The molecular weight excluding hydrogens is 394 g/mol. The molecule has 158 valence electrons. The first-order valence-corrected chi connectivity index (χ1v) is 11.7. The molecule has 3 aliphatic rings. The molecule has 0 aromatic heterocycles. The molecule has 3 nitrogen and oxygen atoms in total. The zero-order valence-corrected chi connectivity index (χ0v) is 17.8. The third-order valence-corrected chi connectivity index (χ3v) is 8.48. The lowest BCUT2D eigenvalue weighted by Gasteiger charge is -2.44. The first-order chi connectivity index (χ1) is 15.7. The maximum Gasteiger partial charge on any atom is 0.337 e. The van der Waals surface area contributed by atoms with Crippen molar-refractivity contribution in [1.82, 2.24) is 0 Å². The van der Waals surface area contributed by atoms with E-state index in [0.717, 1.165) is 5.69 Å². The van der Waals surface area contributed by atoms with E-state index < -0.39 is 5.97 Å². The number of carboxylic acids is 1. The van der Waals surface area contributed by atoms with Crippen LogP contribution in [0.2, 0.25) is 0 Å². The molecule has 4 aromatic carbocycles. The molecule has 7 rings (SSSR count). The Kier molecular flexibility index (Phi) is 3.76. The Morgan fingerprint density at radius 3 is 2.25 bits per heavy atom. The highest BCUT2D eigenvalue weighted by Gasteiger charge is 2.54. The summed E-state index contributed by atoms with van der Waals surface area (Å²) in [5.41, 5.74) is 3.81. The monoisotopic (exact) mass is 419 g/mol. The van der Waals surface area contributed by atoms with Gasteiger partial charge >= 0.3 is 5.97 Å². The Morgan fingerprint density at radius 2 is 1.53 bits per heavy atom. The largest absolute Gasteiger partial charge is 0.478 e. The molecule has 2 bridgehead atoms. The fourth-order valence-electron chi connectivity index (χ4n) is 7.36. The molecule has 2 saturated carbocycles. The summed E-state index contributed by atoms with van der Waals surface area (Å²) in [6.07, 6.45) is 3.83. The summed E-state index contributed by atoms with van der Waals surface area (Å²) >= 11 is 0. The lowest BCUT2D eigenvalue weighted by molar-refractivity contribution is 0.0697. The molecule has 1 aliphatic heterocycles. The number of hydrogen-bond acceptors (Lipinski definition) is 2. The molecule has 0 saturated heterocycles. The second-order valence-electron chi connectivity index (χ2n) is 9.87. The SMILES string of the molecule is O=C(O)c1cccc2c1N[C@H](c1c3ccccc3cc3ccccc13)[C@@H]1[C@H]3CC[C@@H](C3)[C@@H]21. The van der Waals surface area contributed by atoms with Crippen LogP contribution >= 0.6 is 0 Å². The fraction of sp³-hybridized carbons (Fsp3) is 0.276. The number of fused-ring (bicyclic) bond motifs is 9. The topological polar surface area (TPSA) is 49.3 Å². The molecule has 0 spiro atoms. The van der Waals surface area contributed by atoms with E-state index in [1.54, 1.807) is 6.07 Å². The molecule has 2 N–H and O–H groups in total. The summed E-state index contributed by atoms with van der Waals surface area (Å²) < 4.78 is 0. The van der Waals surface area contributed by atoms with E-state index in [2.05, 4.69) is 66.0 Å². The molecule has 0 radical (unpaired) electrons. The molecule has 2 aliphatic carbocycles. The molecule has 1 heterocycles. The second-order valence-corrected chi connectivity index (χ2v) is 9.87. The summed E-state index contributed by atoms with van der Waals surface area (Å²) in [5.74, 6) is 1.45. The van der Waals surface area contributed by atoms with Crippen LogP contribution in [0, 0.1) is 17.8 Å². The van der Waals surface area contributed by atoms with Crippen LogP contribution in [0.15, 0.2) is 72.8 Å². The number of nitrogens with one attached hydrogen (secondary N) is 1. The first kappa shape index (κ1) is 18.3. The van der Waals surface area contributed by atoms with Crippen molar-refractivity contribution in [2.24, 2.45) is 17.8 Å². The van der Waals surface area contributed by atoms with E-state index in [1.165, 1.54) is 51.9 Å².